The predicted molar refractivity (Wildman–Crippen MR) is 100.0 cm³/mol. The van der Waals surface area contributed by atoms with Gasteiger partial charge in [-0.05, 0) is 36.1 Å². The number of allylic oxidation sites excluding steroid dienone is 2. The van der Waals surface area contributed by atoms with Crippen molar-refractivity contribution >= 4 is 23.5 Å². The van der Waals surface area contributed by atoms with Crippen LogP contribution in [0.15, 0.2) is 40.7 Å². The number of hydrogen-bond acceptors (Lipinski definition) is 5. The molecule has 2 heterocycles. The average molecular weight is 354 g/mol. The lowest BCUT2D eigenvalue weighted by molar-refractivity contribution is -0.116. The Morgan fingerprint density at radius 3 is 2.68 bits per heavy atom. The molecule has 130 valence electrons. The zero-order valence-electron chi connectivity index (χ0n) is 14.7. The molecular weight excluding hydrogens is 332 g/mol. The maximum Gasteiger partial charge on any atom is 0.227 e. The number of fused-ring (bicyclic) bond motifs is 1. The van der Waals surface area contributed by atoms with Gasteiger partial charge in [-0.1, -0.05) is 49.9 Å². The molecular formula is C19H22N4OS. The molecule has 1 aromatic carbocycles. The smallest absolute Gasteiger partial charge is 0.227 e. The topological polar surface area (TPSA) is 59.8 Å². The molecule has 1 atom stereocenters. The summed E-state index contributed by atoms with van der Waals surface area (Å²) in [6, 6.07) is 8.38. The molecule has 5 nitrogen and oxygen atoms in total. The maximum atomic E-state index is 12.7. The summed E-state index contributed by atoms with van der Waals surface area (Å²) in [6.07, 6.45) is 4.36. The van der Waals surface area contributed by atoms with Crippen molar-refractivity contribution in [3.8, 4) is 0 Å². The van der Waals surface area contributed by atoms with Crippen LogP contribution in [-0.2, 0) is 4.79 Å². The lowest BCUT2D eigenvalue weighted by atomic mass is 9.85. The van der Waals surface area contributed by atoms with Gasteiger partial charge in [0.2, 0.25) is 11.1 Å². The van der Waals surface area contributed by atoms with Gasteiger partial charge in [0, 0.05) is 17.7 Å². The van der Waals surface area contributed by atoms with Gasteiger partial charge >= 0.3 is 0 Å². The number of carbonyl (C=O) groups is 1. The Kier molecular flexibility index (Phi) is 4.15. The highest BCUT2D eigenvalue weighted by Gasteiger charge is 2.36. The Morgan fingerprint density at radius 2 is 2.00 bits per heavy atom. The van der Waals surface area contributed by atoms with Gasteiger partial charge in [-0.3, -0.25) is 4.79 Å². The number of hydrogen-bond donors (Lipinski definition) is 1. The summed E-state index contributed by atoms with van der Waals surface area (Å²) in [5.74, 6) is 1.44. The third kappa shape index (κ3) is 2.78. The molecule has 1 N–H and O–H groups in total. The number of anilines is 1. The first-order valence-corrected chi connectivity index (χ1v) is 9.94. The van der Waals surface area contributed by atoms with Gasteiger partial charge in [-0.2, -0.15) is 4.98 Å². The number of aromatic nitrogens is 3. The van der Waals surface area contributed by atoms with Crippen LogP contribution in [0.2, 0.25) is 0 Å². The lowest BCUT2D eigenvalue weighted by Gasteiger charge is -2.32. The van der Waals surface area contributed by atoms with Gasteiger partial charge in [-0.25, -0.2) is 4.68 Å². The summed E-state index contributed by atoms with van der Waals surface area (Å²) in [7, 11) is 0. The minimum Gasteiger partial charge on any atom is -0.328 e. The fraction of sp³-hybridized carbons (Fsp3) is 0.421. The Labute approximate surface area is 151 Å². The van der Waals surface area contributed by atoms with Crippen molar-refractivity contribution in [1.82, 2.24) is 14.8 Å². The lowest BCUT2D eigenvalue weighted by Crippen LogP contribution is -2.31. The molecule has 0 unspecified atom stereocenters. The molecule has 1 aliphatic heterocycles. The zero-order valence-corrected chi connectivity index (χ0v) is 15.6. The van der Waals surface area contributed by atoms with Crippen molar-refractivity contribution in [3.05, 3.63) is 46.7 Å². The van der Waals surface area contributed by atoms with Crippen LogP contribution in [0.5, 0.6) is 0 Å². The molecule has 4 rings (SSSR count). The molecule has 0 radical (unpaired) electrons. The first-order valence-electron chi connectivity index (χ1n) is 8.72. The van der Waals surface area contributed by atoms with Gasteiger partial charge in [0.1, 0.15) is 6.04 Å². The van der Waals surface area contributed by atoms with E-state index >= 15 is 0 Å². The van der Waals surface area contributed by atoms with E-state index in [4.69, 9.17) is 0 Å². The summed E-state index contributed by atoms with van der Waals surface area (Å²) in [4.78, 5) is 17.3. The predicted octanol–water partition coefficient (Wildman–Crippen LogP) is 4.15. The van der Waals surface area contributed by atoms with Crippen molar-refractivity contribution in [2.75, 3.05) is 11.6 Å². The van der Waals surface area contributed by atoms with E-state index in [1.807, 2.05) is 10.9 Å². The second kappa shape index (κ2) is 6.33. The standard InChI is InChI=1S/C19H22N4OS/c1-11(2)12-7-9-13(10-8-12)17-16-14(5-4-6-15(16)24)20-18-21-19(25-3)22-23(17)18/h7-11,17H,4-6H2,1-3H3,(H,20,21,22)/t17-/m0/s1. The van der Waals surface area contributed by atoms with Crippen molar-refractivity contribution in [3.63, 3.8) is 0 Å². The summed E-state index contributed by atoms with van der Waals surface area (Å²) >= 11 is 1.51. The summed E-state index contributed by atoms with van der Waals surface area (Å²) < 4.78 is 1.87. The van der Waals surface area contributed by atoms with E-state index < -0.39 is 0 Å². The SMILES string of the molecule is CSc1nc2n(n1)[C@@H](c1ccc(C(C)C)cc1)C1=C(CCCC1=O)N2. The van der Waals surface area contributed by atoms with Gasteiger partial charge < -0.3 is 5.32 Å². The largest absolute Gasteiger partial charge is 0.328 e. The van der Waals surface area contributed by atoms with Crippen molar-refractivity contribution in [2.24, 2.45) is 0 Å². The van der Waals surface area contributed by atoms with E-state index in [-0.39, 0.29) is 11.8 Å². The normalized spacial score (nSPS) is 19.7. The summed E-state index contributed by atoms with van der Waals surface area (Å²) in [5.41, 5.74) is 4.26. The van der Waals surface area contributed by atoms with E-state index in [9.17, 15) is 4.79 Å². The monoisotopic (exact) mass is 354 g/mol. The molecule has 25 heavy (non-hydrogen) atoms. The average Bonchev–Trinajstić information content (AvgIpc) is 3.03. The van der Waals surface area contributed by atoms with Crippen LogP contribution in [0, 0.1) is 0 Å². The number of rotatable bonds is 3. The second-order valence-electron chi connectivity index (χ2n) is 6.88. The third-order valence-corrected chi connectivity index (χ3v) is 5.49. The molecule has 2 aliphatic rings. The van der Waals surface area contributed by atoms with Crippen molar-refractivity contribution < 1.29 is 4.79 Å². The highest BCUT2D eigenvalue weighted by Crippen LogP contribution is 2.40. The first-order chi connectivity index (χ1) is 12.1. The molecule has 0 bridgehead atoms. The number of Topliss-reactive ketones (excluding diaryl/α,β-unsaturated/α-hetero) is 1. The van der Waals surface area contributed by atoms with E-state index in [1.165, 1.54) is 17.3 Å². The van der Waals surface area contributed by atoms with Crippen molar-refractivity contribution in [1.29, 1.82) is 0 Å². The van der Waals surface area contributed by atoms with Gasteiger partial charge in [0.05, 0.1) is 0 Å². The molecule has 0 spiro atoms. The number of ketones is 1. The number of nitrogens with zero attached hydrogens (tertiary/aromatic N) is 3. The minimum absolute atomic E-state index is 0.186. The molecule has 0 amide bonds. The highest BCUT2D eigenvalue weighted by molar-refractivity contribution is 7.98. The number of carbonyl (C=O) groups excluding carboxylic acids is 1. The molecule has 0 fully saturated rings. The third-order valence-electron chi connectivity index (χ3n) is 4.95. The number of nitrogens with one attached hydrogen (secondary N) is 1. The maximum absolute atomic E-state index is 12.7. The van der Waals surface area contributed by atoms with E-state index in [0.29, 0.717) is 12.3 Å². The van der Waals surface area contributed by atoms with Crippen LogP contribution in [0.1, 0.15) is 56.2 Å². The van der Waals surface area contributed by atoms with Gasteiger partial charge in [0.25, 0.3) is 0 Å². The second-order valence-corrected chi connectivity index (χ2v) is 7.66. The Morgan fingerprint density at radius 1 is 1.24 bits per heavy atom. The zero-order chi connectivity index (χ0) is 17.6. The molecule has 0 saturated heterocycles. The van der Waals surface area contributed by atoms with E-state index in [2.05, 4.69) is 53.5 Å². The summed E-state index contributed by atoms with van der Waals surface area (Å²) in [5, 5.41) is 8.70. The van der Waals surface area contributed by atoms with Gasteiger partial charge in [0.15, 0.2) is 5.78 Å². The molecule has 2 aromatic rings. The quantitative estimate of drug-likeness (QED) is 0.839. The molecule has 1 aliphatic carbocycles. The number of thioether (sulfide) groups is 1. The summed E-state index contributed by atoms with van der Waals surface area (Å²) in [6.45, 7) is 4.37. The van der Waals surface area contributed by atoms with Crippen LogP contribution >= 0.6 is 11.8 Å². The Balaban J connectivity index is 1.85. The van der Waals surface area contributed by atoms with Crippen LogP contribution in [0.3, 0.4) is 0 Å². The van der Waals surface area contributed by atoms with Crippen LogP contribution in [-0.4, -0.2) is 26.8 Å². The van der Waals surface area contributed by atoms with Crippen molar-refractivity contribution in [2.45, 2.75) is 50.2 Å². The Bertz CT molecular complexity index is 851. The Hall–Kier alpha value is -2.08. The highest BCUT2D eigenvalue weighted by atomic mass is 32.2. The van der Waals surface area contributed by atoms with Crippen LogP contribution in [0.25, 0.3) is 0 Å². The molecule has 6 heteroatoms. The fourth-order valence-corrected chi connectivity index (χ4v) is 3.94. The minimum atomic E-state index is -0.186. The fourth-order valence-electron chi connectivity index (χ4n) is 3.59. The number of benzene rings is 1. The van der Waals surface area contributed by atoms with E-state index in [1.54, 1.807) is 0 Å². The first kappa shape index (κ1) is 16.4. The van der Waals surface area contributed by atoms with Crippen LogP contribution < -0.4 is 5.32 Å². The molecule has 1 aromatic heterocycles. The van der Waals surface area contributed by atoms with Gasteiger partial charge in [-0.15, -0.1) is 5.10 Å². The molecule has 0 saturated carbocycles. The van der Waals surface area contributed by atoms with E-state index in [0.717, 1.165) is 40.8 Å². The van der Waals surface area contributed by atoms with Crippen LogP contribution in [0.4, 0.5) is 5.95 Å².